The maximum atomic E-state index is 5.59. The molecule has 0 saturated heterocycles. The highest BCUT2D eigenvalue weighted by Crippen LogP contribution is 2.18. The summed E-state index contributed by atoms with van der Waals surface area (Å²) < 4.78 is 5.59. The van der Waals surface area contributed by atoms with E-state index >= 15 is 0 Å². The molecule has 0 unspecified atom stereocenters. The molecule has 0 aliphatic carbocycles. The number of aliphatic imine (C=N–C) groups is 1. The number of nitrogens with zero attached hydrogens (tertiary/aromatic N) is 1. The average Bonchev–Trinajstić information content (AvgIpc) is 2.90. The summed E-state index contributed by atoms with van der Waals surface area (Å²) >= 11 is 0. The second-order valence-corrected chi connectivity index (χ2v) is 7.96. The van der Waals surface area contributed by atoms with Gasteiger partial charge >= 0.3 is 0 Å². The standard InChI is InChI=1S/C22H41NO/c1-4-5-6-7-8-9-10-11-12-13-14-15-16-17-18-19-21-23-22(2,3)20-24-21/h17-18H,4-16,19-20H2,1-3H3/b18-17-. The van der Waals surface area contributed by atoms with E-state index < -0.39 is 0 Å². The third-order valence-electron chi connectivity index (χ3n) is 4.70. The first-order valence-electron chi connectivity index (χ1n) is 10.5. The van der Waals surface area contributed by atoms with Gasteiger partial charge in [0.25, 0.3) is 0 Å². The fraction of sp³-hybridized carbons (Fsp3) is 0.864. The van der Waals surface area contributed by atoms with Gasteiger partial charge in [0.2, 0.25) is 0 Å². The SMILES string of the molecule is CCCCCCCCCCCCCC/C=C\CC1=NC(C)(C)CO1. The summed E-state index contributed by atoms with van der Waals surface area (Å²) in [5.41, 5.74) is -0.0152. The third kappa shape index (κ3) is 11.7. The van der Waals surface area contributed by atoms with Crippen molar-refractivity contribution in [3.8, 4) is 0 Å². The maximum Gasteiger partial charge on any atom is 0.187 e. The molecular formula is C22H41NO. The minimum absolute atomic E-state index is 0.0152. The Balaban J connectivity index is 1.80. The van der Waals surface area contributed by atoms with Crippen LogP contribution in [0.2, 0.25) is 0 Å². The van der Waals surface area contributed by atoms with E-state index in [0.717, 1.165) is 18.9 Å². The summed E-state index contributed by atoms with van der Waals surface area (Å²) in [6.45, 7) is 7.26. The van der Waals surface area contributed by atoms with Crippen molar-refractivity contribution in [1.82, 2.24) is 0 Å². The van der Waals surface area contributed by atoms with E-state index in [4.69, 9.17) is 4.74 Å². The highest BCUT2D eigenvalue weighted by molar-refractivity contribution is 5.79. The largest absolute Gasteiger partial charge is 0.478 e. The molecule has 1 rings (SSSR count). The normalized spacial score (nSPS) is 16.5. The molecule has 0 amide bonds. The predicted molar refractivity (Wildman–Crippen MR) is 107 cm³/mol. The van der Waals surface area contributed by atoms with E-state index in [1.165, 1.54) is 83.5 Å². The molecule has 0 bridgehead atoms. The number of rotatable bonds is 15. The Morgan fingerprint density at radius 1 is 0.833 bits per heavy atom. The van der Waals surface area contributed by atoms with Crippen LogP contribution in [0.1, 0.15) is 111 Å². The summed E-state index contributed by atoms with van der Waals surface area (Å²) in [5, 5.41) is 0. The molecule has 0 N–H and O–H groups in total. The van der Waals surface area contributed by atoms with E-state index in [1.54, 1.807) is 0 Å². The quantitative estimate of drug-likeness (QED) is 0.228. The molecule has 0 aromatic heterocycles. The molecule has 2 nitrogen and oxygen atoms in total. The monoisotopic (exact) mass is 335 g/mol. The van der Waals surface area contributed by atoms with E-state index in [2.05, 4.69) is 37.9 Å². The van der Waals surface area contributed by atoms with Crippen molar-refractivity contribution in [3.63, 3.8) is 0 Å². The van der Waals surface area contributed by atoms with Gasteiger partial charge in [-0.15, -0.1) is 0 Å². The lowest BCUT2D eigenvalue weighted by atomic mass is 10.0. The van der Waals surface area contributed by atoms with Crippen molar-refractivity contribution in [2.24, 2.45) is 4.99 Å². The summed E-state index contributed by atoms with van der Waals surface area (Å²) in [5.74, 6) is 0.908. The zero-order valence-electron chi connectivity index (χ0n) is 16.6. The highest BCUT2D eigenvalue weighted by Gasteiger charge is 2.25. The van der Waals surface area contributed by atoms with Crippen LogP contribution in [-0.4, -0.2) is 18.0 Å². The Hall–Kier alpha value is -0.790. The Kier molecular flexibility index (Phi) is 12.0. The third-order valence-corrected chi connectivity index (χ3v) is 4.70. The van der Waals surface area contributed by atoms with Crippen LogP contribution in [0, 0.1) is 0 Å². The van der Waals surface area contributed by atoms with E-state index in [1.807, 2.05) is 0 Å². The molecule has 1 aliphatic heterocycles. The van der Waals surface area contributed by atoms with Crippen LogP contribution in [-0.2, 0) is 4.74 Å². The molecule has 1 heterocycles. The van der Waals surface area contributed by atoms with Gasteiger partial charge in [-0.2, -0.15) is 0 Å². The maximum absolute atomic E-state index is 5.59. The molecule has 140 valence electrons. The van der Waals surface area contributed by atoms with Gasteiger partial charge in [-0.05, 0) is 26.7 Å². The van der Waals surface area contributed by atoms with Crippen molar-refractivity contribution in [2.75, 3.05) is 6.61 Å². The number of hydrogen-bond acceptors (Lipinski definition) is 2. The first-order valence-corrected chi connectivity index (χ1v) is 10.5. The smallest absolute Gasteiger partial charge is 0.187 e. The van der Waals surface area contributed by atoms with E-state index in [0.29, 0.717) is 0 Å². The van der Waals surface area contributed by atoms with Crippen LogP contribution >= 0.6 is 0 Å². The summed E-state index contributed by atoms with van der Waals surface area (Å²) in [6, 6.07) is 0. The second kappa shape index (κ2) is 13.5. The zero-order valence-corrected chi connectivity index (χ0v) is 16.6. The van der Waals surface area contributed by atoms with E-state index in [9.17, 15) is 0 Å². The van der Waals surface area contributed by atoms with Crippen molar-refractivity contribution in [2.45, 2.75) is 116 Å². The number of hydrogen-bond donors (Lipinski definition) is 0. The van der Waals surface area contributed by atoms with Crippen LogP contribution in [0.4, 0.5) is 0 Å². The van der Waals surface area contributed by atoms with Gasteiger partial charge in [-0.25, -0.2) is 4.99 Å². The molecule has 2 heteroatoms. The molecule has 0 fully saturated rings. The molecule has 0 aromatic rings. The van der Waals surface area contributed by atoms with Gasteiger partial charge in [0.15, 0.2) is 5.90 Å². The summed E-state index contributed by atoms with van der Waals surface area (Å²) in [4.78, 5) is 4.57. The van der Waals surface area contributed by atoms with Crippen molar-refractivity contribution >= 4 is 5.90 Å². The Labute approximate surface area is 151 Å². The first-order chi connectivity index (χ1) is 11.6. The van der Waals surface area contributed by atoms with Crippen molar-refractivity contribution < 1.29 is 4.74 Å². The average molecular weight is 336 g/mol. The van der Waals surface area contributed by atoms with Crippen LogP contribution < -0.4 is 0 Å². The highest BCUT2D eigenvalue weighted by atomic mass is 16.5. The molecule has 0 aromatic carbocycles. The van der Waals surface area contributed by atoms with Gasteiger partial charge in [0, 0.05) is 6.42 Å². The number of allylic oxidation sites excluding steroid dienone is 1. The number of unbranched alkanes of at least 4 members (excludes halogenated alkanes) is 12. The van der Waals surface area contributed by atoms with Crippen molar-refractivity contribution in [3.05, 3.63) is 12.2 Å². The van der Waals surface area contributed by atoms with Crippen LogP contribution in [0.15, 0.2) is 17.1 Å². The van der Waals surface area contributed by atoms with Gasteiger partial charge in [0.05, 0.1) is 5.54 Å². The van der Waals surface area contributed by atoms with Gasteiger partial charge in [-0.3, -0.25) is 0 Å². The fourth-order valence-corrected chi connectivity index (χ4v) is 3.17. The Bertz CT molecular complexity index is 357. The predicted octanol–water partition coefficient (Wildman–Crippen LogP) is 7.23. The second-order valence-electron chi connectivity index (χ2n) is 7.96. The van der Waals surface area contributed by atoms with Gasteiger partial charge in [-0.1, -0.05) is 89.7 Å². The lowest BCUT2D eigenvalue weighted by Crippen LogP contribution is -2.17. The summed E-state index contributed by atoms with van der Waals surface area (Å²) in [6.07, 6.45) is 23.6. The molecule has 0 saturated carbocycles. The van der Waals surface area contributed by atoms with Crippen molar-refractivity contribution in [1.29, 1.82) is 0 Å². The van der Waals surface area contributed by atoms with Gasteiger partial charge < -0.3 is 4.74 Å². The minimum atomic E-state index is -0.0152. The lowest BCUT2D eigenvalue weighted by Gasteiger charge is -2.07. The van der Waals surface area contributed by atoms with Gasteiger partial charge in [0.1, 0.15) is 6.61 Å². The Morgan fingerprint density at radius 2 is 1.38 bits per heavy atom. The van der Waals surface area contributed by atoms with Crippen LogP contribution in [0.5, 0.6) is 0 Å². The fourth-order valence-electron chi connectivity index (χ4n) is 3.17. The zero-order chi connectivity index (χ0) is 17.5. The molecular weight excluding hydrogens is 294 g/mol. The van der Waals surface area contributed by atoms with Crippen LogP contribution in [0.25, 0.3) is 0 Å². The van der Waals surface area contributed by atoms with E-state index in [-0.39, 0.29) is 5.54 Å². The first kappa shape index (κ1) is 21.3. The summed E-state index contributed by atoms with van der Waals surface area (Å²) in [7, 11) is 0. The Morgan fingerprint density at radius 3 is 1.88 bits per heavy atom. The topological polar surface area (TPSA) is 21.6 Å². The molecule has 24 heavy (non-hydrogen) atoms. The number of ether oxygens (including phenoxy) is 1. The minimum Gasteiger partial charge on any atom is -0.478 e. The molecule has 1 aliphatic rings. The van der Waals surface area contributed by atoms with Crippen LogP contribution in [0.3, 0.4) is 0 Å². The lowest BCUT2D eigenvalue weighted by molar-refractivity contribution is 0.275. The molecule has 0 spiro atoms. The molecule has 0 radical (unpaired) electrons. The molecule has 0 atom stereocenters.